The molecule has 0 aliphatic heterocycles. The van der Waals surface area contributed by atoms with Gasteiger partial charge in [0.2, 0.25) is 0 Å². The molecule has 0 aliphatic rings. The molecule has 22 heavy (non-hydrogen) atoms. The SMILES string of the molecule is CCOC(=O)Cc1cc(F)ccc1O[C@H](C(C)C)C(C)CC. The lowest BCUT2D eigenvalue weighted by Crippen LogP contribution is -2.30. The van der Waals surface area contributed by atoms with Gasteiger partial charge in [-0.1, -0.05) is 34.1 Å². The first-order valence-corrected chi connectivity index (χ1v) is 7.99. The summed E-state index contributed by atoms with van der Waals surface area (Å²) in [4.78, 5) is 11.7. The Morgan fingerprint density at radius 3 is 2.45 bits per heavy atom. The summed E-state index contributed by atoms with van der Waals surface area (Å²) in [6.07, 6.45) is 1.04. The number of benzene rings is 1. The summed E-state index contributed by atoms with van der Waals surface area (Å²) in [5.74, 6) is 0.517. The molecule has 1 unspecified atom stereocenters. The number of hydrogen-bond acceptors (Lipinski definition) is 3. The molecule has 0 aliphatic carbocycles. The number of hydrogen-bond donors (Lipinski definition) is 0. The molecule has 2 atom stereocenters. The topological polar surface area (TPSA) is 35.5 Å². The van der Waals surface area contributed by atoms with Crippen LogP contribution in [0.15, 0.2) is 18.2 Å². The molecule has 0 bridgehead atoms. The standard InChI is InChI=1S/C18H27FO3/c1-6-13(5)18(12(3)4)22-16-9-8-15(19)10-14(16)11-17(20)21-7-2/h8-10,12-13,18H,6-7,11H2,1-5H3/t13?,18-/m1/s1. The molecular weight excluding hydrogens is 283 g/mol. The second-order valence-corrected chi connectivity index (χ2v) is 5.95. The van der Waals surface area contributed by atoms with Gasteiger partial charge in [0.1, 0.15) is 17.7 Å². The molecule has 0 heterocycles. The molecule has 1 rings (SSSR count). The van der Waals surface area contributed by atoms with E-state index in [0.717, 1.165) is 6.42 Å². The molecule has 0 amide bonds. The Hall–Kier alpha value is -1.58. The van der Waals surface area contributed by atoms with Crippen molar-refractivity contribution in [2.45, 2.75) is 53.6 Å². The predicted molar refractivity (Wildman–Crippen MR) is 85.4 cm³/mol. The van der Waals surface area contributed by atoms with E-state index in [-0.39, 0.29) is 24.3 Å². The number of rotatable bonds is 8. The maximum Gasteiger partial charge on any atom is 0.310 e. The highest BCUT2D eigenvalue weighted by Gasteiger charge is 2.23. The van der Waals surface area contributed by atoms with Gasteiger partial charge >= 0.3 is 5.97 Å². The van der Waals surface area contributed by atoms with E-state index in [0.29, 0.717) is 29.8 Å². The molecule has 1 aromatic carbocycles. The minimum absolute atomic E-state index is 0.0201. The first-order valence-electron chi connectivity index (χ1n) is 7.99. The van der Waals surface area contributed by atoms with Crippen molar-refractivity contribution in [1.29, 1.82) is 0 Å². The summed E-state index contributed by atoms with van der Waals surface area (Å²) in [6.45, 7) is 10.5. The third kappa shape index (κ3) is 5.32. The van der Waals surface area contributed by atoms with E-state index in [1.54, 1.807) is 13.0 Å². The Morgan fingerprint density at radius 2 is 1.91 bits per heavy atom. The van der Waals surface area contributed by atoms with Crippen LogP contribution in [0.2, 0.25) is 0 Å². The van der Waals surface area contributed by atoms with E-state index in [1.807, 2.05) is 0 Å². The quantitative estimate of drug-likeness (QED) is 0.668. The van der Waals surface area contributed by atoms with E-state index in [4.69, 9.17) is 9.47 Å². The van der Waals surface area contributed by atoms with Gasteiger partial charge < -0.3 is 9.47 Å². The lowest BCUT2D eigenvalue weighted by Gasteiger charge is -2.28. The Bertz CT molecular complexity index is 485. The van der Waals surface area contributed by atoms with Gasteiger partial charge in [-0.25, -0.2) is 4.39 Å². The number of carbonyl (C=O) groups is 1. The van der Waals surface area contributed by atoms with E-state index in [9.17, 15) is 9.18 Å². The molecule has 3 nitrogen and oxygen atoms in total. The van der Waals surface area contributed by atoms with Crippen molar-refractivity contribution < 1.29 is 18.7 Å². The highest BCUT2D eigenvalue weighted by atomic mass is 19.1. The summed E-state index contributed by atoms with van der Waals surface area (Å²) in [7, 11) is 0. The molecule has 1 aromatic rings. The van der Waals surface area contributed by atoms with Gasteiger partial charge in [-0.2, -0.15) is 0 Å². The average molecular weight is 310 g/mol. The maximum absolute atomic E-state index is 13.5. The lowest BCUT2D eigenvalue weighted by molar-refractivity contribution is -0.142. The van der Waals surface area contributed by atoms with E-state index >= 15 is 0 Å². The molecule has 0 spiro atoms. The summed E-state index contributed by atoms with van der Waals surface area (Å²) < 4.78 is 24.6. The average Bonchev–Trinajstić information content (AvgIpc) is 2.45. The Balaban J connectivity index is 2.99. The third-order valence-corrected chi connectivity index (χ3v) is 3.79. The van der Waals surface area contributed by atoms with Crippen LogP contribution >= 0.6 is 0 Å². The normalized spacial score (nSPS) is 13.8. The molecular formula is C18H27FO3. The fourth-order valence-corrected chi connectivity index (χ4v) is 2.46. The Kier molecular flexibility index (Phi) is 7.36. The van der Waals surface area contributed by atoms with Crippen LogP contribution in [0.5, 0.6) is 5.75 Å². The van der Waals surface area contributed by atoms with Gasteiger partial charge in [0.15, 0.2) is 0 Å². The first kappa shape index (κ1) is 18.5. The van der Waals surface area contributed by atoms with Crippen molar-refractivity contribution >= 4 is 5.97 Å². The van der Waals surface area contributed by atoms with Gasteiger partial charge in [-0.05, 0) is 37.0 Å². The number of carbonyl (C=O) groups excluding carboxylic acids is 1. The molecule has 0 saturated heterocycles. The number of ether oxygens (including phenoxy) is 2. The highest BCUT2D eigenvalue weighted by molar-refractivity contribution is 5.73. The van der Waals surface area contributed by atoms with Gasteiger partial charge in [0.05, 0.1) is 13.0 Å². The van der Waals surface area contributed by atoms with Crippen LogP contribution in [0.25, 0.3) is 0 Å². The zero-order chi connectivity index (χ0) is 16.7. The fourth-order valence-electron chi connectivity index (χ4n) is 2.46. The number of halogens is 1. The Morgan fingerprint density at radius 1 is 1.23 bits per heavy atom. The lowest BCUT2D eigenvalue weighted by atomic mass is 9.92. The monoisotopic (exact) mass is 310 g/mol. The van der Waals surface area contributed by atoms with Crippen molar-refractivity contribution in [3.05, 3.63) is 29.6 Å². The van der Waals surface area contributed by atoms with E-state index < -0.39 is 0 Å². The summed E-state index contributed by atoms with van der Waals surface area (Å²) in [6, 6.07) is 4.31. The summed E-state index contributed by atoms with van der Waals surface area (Å²) in [5, 5.41) is 0. The van der Waals surface area contributed by atoms with E-state index in [2.05, 4.69) is 27.7 Å². The molecule has 124 valence electrons. The molecule has 4 heteroatoms. The molecule has 0 aromatic heterocycles. The predicted octanol–water partition coefficient (Wildman–Crippen LogP) is 4.38. The summed E-state index contributed by atoms with van der Waals surface area (Å²) in [5.41, 5.74) is 0.535. The van der Waals surface area contributed by atoms with Crippen LogP contribution in [-0.4, -0.2) is 18.7 Å². The van der Waals surface area contributed by atoms with Crippen molar-refractivity contribution in [2.75, 3.05) is 6.61 Å². The smallest absolute Gasteiger partial charge is 0.310 e. The van der Waals surface area contributed by atoms with Crippen molar-refractivity contribution in [3.8, 4) is 5.75 Å². The van der Waals surface area contributed by atoms with Gasteiger partial charge in [-0.15, -0.1) is 0 Å². The highest BCUT2D eigenvalue weighted by Crippen LogP contribution is 2.27. The van der Waals surface area contributed by atoms with Gasteiger partial charge in [0, 0.05) is 5.56 Å². The van der Waals surface area contributed by atoms with E-state index in [1.165, 1.54) is 12.1 Å². The van der Waals surface area contributed by atoms with Crippen LogP contribution in [0, 0.1) is 17.7 Å². The summed E-state index contributed by atoms with van der Waals surface area (Å²) >= 11 is 0. The maximum atomic E-state index is 13.5. The van der Waals surface area contributed by atoms with Crippen LogP contribution in [-0.2, 0) is 16.0 Å². The van der Waals surface area contributed by atoms with Crippen LogP contribution in [0.4, 0.5) is 4.39 Å². The minimum Gasteiger partial charge on any atom is -0.490 e. The van der Waals surface area contributed by atoms with Gasteiger partial charge in [0.25, 0.3) is 0 Å². The second-order valence-electron chi connectivity index (χ2n) is 5.95. The molecule has 0 N–H and O–H groups in total. The molecule has 0 saturated carbocycles. The third-order valence-electron chi connectivity index (χ3n) is 3.79. The van der Waals surface area contributed by atoms with Crippen LogP contribution in [0.1, 0.15) is 46.6 Å². The zero-order valence-electron chi connectivity index (χ0n) is 14.2. The number of esters is 1. The van der Waals surface area contributed by atoms with Gasteiger partial charge in [-0.3, -0.25) is 4.79 Å². The zero-order valence-corrected chi connectivity index (χ0v) is 14.2. The van der Waals surface area contributed by atoms with Crippen molar-refractivity contribution in [3.63, 3.8) is 0 Å². The molecule has 0 radical (unpaired) electrons. The van der Waals surface area contributed by atoms with Crippen molar-refractivity contribution in [1.82, 2.24) is 0 Å². The largest absolute Gasteiger partial charge is 0.490 e. The second kappa shape index (κ2) is 8.76. The molecule has 0 fully saturated rings. The Labute approximate surface area is 132 Å². The van der Waals surface area contributed by atoms with Crippen molar-refractivity contribution in [2.24, 2.45) is 11.8 Å². The fraction of sp³-hybridized carbons (Fsp3) is 0.611. The first-order chi connectivity index (χ1) is 10.4. The van der Waals surface area contributed by atoms with Crippen LogP contribution in [0.3, 0.4) is 0 Å². The van der Waals surface area contributed by atoms with Crippen LogP contribution < -0.4 is 4.74 Å². The minimum atomic E-state index is -0.378.